The number of hydrogen-bond donors (Lipinski definition) is 0. The summed E-state index contributed by atoms with van der Waals surface area (Å²) in [5.41, 5.74) is 2.38. The number of nitrogens with zero attached hydrogens (tertiary/aromatic N) is 1. The van der Waals surface area contributed by atoms with E-state index in [2.05, 4.69) is 0 Å². The molecule has 7 heteroatoms. The second kappa shape index (κ2) is 8.01. The average Bonchev–Trinajstić information content (AvgIpc) is 3.18. The van der Waals surface area contributed by atoms with Gasteiger partial charge >= 0.3 is 0 Å². The van der Waals surface area contributed by atoms with Crippen LogP contribution in [0.25, 0.3) is 0 Å². The first-order valence-corrected chi connectivity index (χ1v) is 11.0. The molecular formula is C23H23NO5S. The molecule has 0 bridgehead atoms. The molecule has 0 spiro atoms. The third kappa shape index (κ3) is 3.30. The highest BCUT2D eigenvalue weighted by Gasteiger charge is 2.36. The number of hydroxylamine groups is 1. The van der Waals surface area contributed by atoms with Crippen molar-refractivity contribution in [3.63, 3.8) is 0 Å². The maximum absolute atomic E-state index is 13.5. The zero-order chi connectivity index (χ0) is 21.3. The van der Waals surface area contributed by atoms with E-state index in [1.54, 1.807) is 68.9 Å². The maximum atomic E-state index is 13.5. The van der Waals surface area contributed by atoms with Crippen LogP contribution in [0.3, 0.4) is 0 Å². The van der Waals surface area contributed by atoms with E-state index in [0.29, 0.717) is 18.0 Å². The largest absolute Gasteiger partial charge is 0.493 e. The minimum Gasteiger partial charge on any atom is -0.493 e. The summed E-state index contributed by atoms with van der Waals surface area (Å²) in [6, 6.07) is 19.4. The molecule has 4 rings (SSSR count). The van der Waals surface area contributed by atoms with Gasteiger partial charge in [-0.2, -0.15) is 0 Å². The van der Waals surface area contributed by atoms with Crippen molar-refractivity contribution in [1.29, 1.82) is 0 Å². The average molecular weight is 426 g/mol. The number of ether oxygens (including phenoxy) is 2. The van der Waals surface area contributed by atoms with Gasteiger partial charge in [0.2, 0.25) is 9.84 Å². The van der Waals surface area contributed by atoms with Crippen LogP contribution in [0.15, 0.2) is 76.5 Å². The Balaban J connectivity index is 1.90. The van der Waals surface area contributed by atoms with Crippen molar-refractivity contribution < 1.29 is 22.7 Å². The lowest BCUT2D eigenvalue weighted by Crippen LogP contribution is -2.20. The molecule has 0 amide bonds. The van der Waals surface area contributed by atoms with Gasteiger partial charge in [-0.15, -0.1) is 0 Å². The number of methoxy groups -OCH3 is 2. The monoisotopic (exact) mass is 425 g/mol. The van der Waals surface area contributed by atoms with Gasteiger partial charge < -0.3 is 9.47 Å². The Morgan fingerprint density at radius 3 is 2.27 bits per heavy atom. The first-order valence-electron chi connectivity index (χ1n) is 9.48. The van der Waals surface area contributed by atoms with Gasteiger partial charge in [0.25, 0.3) is 0 Å². The summed E-state index contributed by atoms with van der Waals surface area (Å²) >= 11 is 0. The lowest BCUT2D eigenvalue weighted by atomic mass is 9.93. The Morgan fingerprint density at radius 2 is 1.60 bits per heavy atom. The van der Waals surface area contributed by atoms with Gasteiger partial charge in [-0.25, -0.2) is 8.42 Å². The molecule has 6 nitrogen and oxygen atoms in total. The zero-order valence-electron chi connectivity index (χ0n) is 17.0. The number of hydrogen-bond acceptors (Lipinski definition) is 6. The van der Waals surface area contributed by atoms with Gasteiger partial charge in [0.15, 0.2) is 11.5 Å². The molecular weight excluding hydrogens is 402 g/mol. The van der Waals surface area contributed by atoms with Crippen LogP contribution in [0.5, 0.6) is 11.5 Å². The van der Waals surface area contributed by atoms with Crippen LogP contribution in [0, 0.1) is 0 Å². The van der Waals surface area contributed by atoms with Crippen molar-refractivity contribution in [3.8, 4) is 11.5 Å². The van der Waals surface area contributed by atoms with Crippen LogP contribution in [-0.2, 0) is 14.7 Å². The summed E-state index contributed by atoms with van der Waals surface area (Å²) in [4.78, 5) is 6.09. The molecule has 156 valence electrons. The normalized spacial score (nSPS) is 15.7. The second-order valence-electron chi connectivity index (χ2n) is 6.92. The minimum atomic E-state index is -3.70. The molecule has 0 fully saturated rings. The van der Waals surface area contributed by atoms with Crippen molar-refractivity contribution in [2.24, 2.45) is 0 Å². The quantitative estimate of drug-likeness (QED) is 0.594. The first-order chi connectivity index (χ1) is 14.5. The first kappa shape index (κ1) is 20.3. The number of fused-ring (bicyclic) bond motifs is 1. The summed E-state index contributed by atoms with van der Waals surface area (Å²) in [5.74, 6) is 0.999. The van der Waals surface area contributed by atoms with E-state index < -0.39 is 9.84 Å². The van der Waals surface area contributed by atoms with Crippen LogP contribution in [0.2, 0.25) is 0 Å². The van der Waals surface area contributed by atoms with Gasteiger partial charge in [0.05, 0.1) is 43.4 Å². The van der Waals surface area contributed by atoms with Gasteiger partial charge in [0.1, 0.15) is 0 Å². The van der Waals surface area contributed by atoms with Crippen molar-refractivity contribution in [2.45, 2.75) is 15.7 Å². The van der Waals surface area contributed by atoms with Crippen LogP contribution in [0.1, 0.15) is 17.0 Å². The van der Waals surface area contributed by atoms with Crippen molar-refractivity contribution >= 4 is 15.5 Å². The van der Waals surface area contributed by atoms with E-state index in [1.165, 1.54) is 0 Å². The fourth-order valence-electron chi connectivity index (χ4n) is 3.93. The Bertz CT molecular complexity index is 1160. The second-order valence-corrected chi connectivity index (χ2v) is 8.83. The molecule has 1 unspecified atom stereocenters. The number of sulfone groups is 1. The molecule has 3 aromatic rings. The third-order valence-electron chi connectivity index (χ3n) is 5.38. The summed E-state index contributed by atoms with van der Waals surface area (Å²) in [7, 11) is 1.04. The molecule has 0 saturated carbocycles. The smallest absolute Gasteiger partial charge is 0.206 e. The molecule has 0 N–H and O–H groups in total. The molecule has 0 aliphatic carbocycles. The van der Waals surface area contributed by atoms with Crippen molar-refractivity contribution in [1.82, 2.24) is 0 Å². The van der Waals surface area contributed by atoms with E-state index in [-0.39, 0.29) is 15.7 Å². The molecule has 1 aliphatic heterocycles. The van der Waals surface area contributed by atoms with Crippen molar-refractivity contribution in [3.05, 3.63) is 77.9 Å². The van der Waals surface area contributed by atoms with Gasteiger partial charge in [0, 0.05) is 11.5 Å². The van der Waals surface area contributed by atoms with E-state index in [9.17, 15) is 8.42 Å². The fraction of sp³-hybridized carbons (Fsp3) is 0.217. The standard InChI is InChI=1S/C23H23NO5S/c1-27-20-13-12-16(14-21(20)28-2)18-15-24(29-3)19-10-7-11-22(23(18)19)30(25,26)17-8-5-4-6-9-17/h4-14,18H,15H2,1-3H3. The van der Waals surface area contributed by atoms with Gasteiger partial charge in [-0.05, 0) is 42.0 Å². The highest BCUT2D eigenvalue weighted by atomic mass is 32.2. The van der Waals surface area contributed by atoms with Crippen LogP contribution in [-0.4, -0.2) is 36.3 Å². The zero-order valence-corrected chi connectivity index (χ0v) is 17.8. The Morgan fingerprint density at radius 1 is 0.867 bits per heavy atom. The highest BCUT2D eigenvalue weighted by Crippen LogP contribution is 2.46. The molecule has 1 atom stereocenters. The molecule has 1 heterocycles. The number of rotatable bonds is 6. The van der Waals surface area contributed by atoms with Gasteiger partial charge in [-0.3, -0.25) is 9.90 Å². The predicted molar refractivity (Wildman–Crippen MR) is 114 cm³/mol. The molecule has 3 aromatic carbocycles. The third-order valence-corrected chi connectivity index (χ3v) is 7.21. The molecule has 1 aliphatic rings. The lowest BCUT2D eigenvalue weighted by molar-refractivity contribution is 0.172. The number of anilines is 1. The van der Waals surface area contributed by atoms with E-state index >= 15 is 0 Å². The lowest BCUT2D eigenvalue weighted by Gasteiger charge is -2.17. The molecule has 0 radical (unpaired) electrons. The van der Waals surface area contributed by atoms with Crippen LogP contribution < -0.4 is 14.5 Å². The highest BCUT2D eigenvalue weighted by molar-refractivity contribution is 7.91. The summed E-state index contributed by atoms with van der Waals surface area (Å²) < 4.78 is 37.8. The number of benzene rings is 3. The Labute approximate surface area is 176 Å². The minimum absolute atomic E-state index is 0.213. The topological polar surface area (TPSA) is 65.1 Å². The fourth-order valence-corrected chi connectivity index (χ4v) is 5.49. The van der Waals surface area contributed by atoms with Crippen molar-refractivity contribution in [2.75, 3.05) is 32.9 Å². The maximum Gasteiger partial charge on any atom is 0.206 e. The summed E-state index contributed by atoms with van der Waals surface area (Å²) in [5, 5.41) is 1.72. The van der Waals surface area contributed by atoms with Crippen LogP contribution >= 0.6 is 0 Å². The molecule has 0 aromatic heterocycles. The van der Waals surface area contributed by atoms with Crippen LogP contribution in [0.4, 0.5) is 5.69 Å². The molecule has 0 saturated heterocycles. The summed E-state index contributed by atoms with van der Waals surface area (Å²) in [6.07, 6.45) is 0. The predicted octanol–water partition coefficient (Wildman–Crippen LogP) is 4.05. The van der Waals surface area contributed by atoms with E-state index in [0.717, 1.165) is 16.8 Å². The Kier molecular flexibility index (Phi) is 5.40. The van der Waals surface area contributed by atoms with E-state index in [4.69, 9.17) is 14.3 Å². The molecule has 30 heavy (non-hydrogen) atoms. The van der Waals surface area contributed by atoms with Gasteiger partial charge in [-0.1, -0.05) is 30.3 Å². The summed E-state index contributed by atoms with van der Waals surface area (Å²) in [6.45, 7) is 0.489. The Hall–Kier alpha value is -3.03. The SMILES string of the molecule is COc1ccc(C2CN(OC)c3cccc(S(=O)(=O)c4ccccc4)c32)cc1OC. The van der Waals surface area contributed by atoms with E-state index in [1.807, 2.05) is 24.3 Å².